The minimum absolute atomic E-state index is 0.163. The largest absolute Gasteiger partial charge is 0.478 e. The summed E-state index contributed by atoms with van der Waals surface area (Å²) < 4.78 is 1.68. The molecule has 7 heteroatoms. The Balaban J connectivity index is 2.06. The van der Waals surface area contributed by atoms with Gasteiger partial charge in [0.05, 0.1) is 17.3 Å². The first-order valence-electron chi connectivity index (χ1n) is 5.40. The average molecular weight is 272 g/mol. The predicted octanol–water partition coefficient (Wildman–Crippen LogP) is 1.97. The average Bonchev–Trinajstić information content (AvgIpc) is 2.88. The summed E-state index contributed by atoms with van der Waals surface area (Å²) in [7, 11) is 0. The van der Waals surface area contributed by atoms with Crippen LogP contribution in [0.25, 0.3) is 5.52 Å². The van der Waals surface area contributed by atoms with E-state index in [-0.39, 0.29) is 5.56 Å². The highest BCUT2D eigenvalue weighted by atomic mass is 32.2. The van der Waals surface area contributed by atoms with Gasteiger partial charge in [-0.25, -0.2) is 19.3 Å². The van der Waals surface area contributed by atoms with Crippen molar-refractivity contribution in [1.29, 1.82) is 0 Å². The van der Waals surface area contributed by atoms with E-state index in [2.05, 4.69) is 15.1 Å². The number of pyridine rings is 1. The van der Waals surface area contributed by atoms with E-state index in [9.17, 15) is 4.79 Å². The number of aromatic nitrogens is 4. The zero-order chi connectivity index (χ0) is 13.2. The van der Waals surface area contributed by atoms with Gasteiger partial charge >= 0.3 is 5.97 Å². The molecule has 0 fully saturated rings. The van der Waals surface area contributed by atoms with Gasteiger partial charge in [0.1, 0.15) is 10.1 Å². The van der Waals surface area contributed by atoms with Crippen molar-refractivity contribution in [2.45, 2.75) is 10.1 Å². The van der Waals surface area contributed by atoms with Crippen LogP contribution in [0.4, 0.5) is 0 Å². The minimum atomic E-state index is -1.00. The van der Waals surface area contributed by atoms with Crippen LogP contribution in [0.15, 0.2) is 53.0 Å². The summed E-state index contributed by atoms with van der Waals surface area (Å²) in [6.07, 6.45) is 6.57. The van der Waals surface area contributed by atoms with E-state index >= 15 is 0 Å². The van der Waals surface area contributed by atoms with E-state index in [1.54, 1.807) is 35.4 Å². The predicted molar refractivity (Wildman–Crippen MR) is 68.3 cm³/mol. The Bertz CT molecular complexity index is 756. The minimum Gasteiger partial charge on any atom is -0.478 e. The van der Waals surface area contributed by atoms with Gasteiger partial charge in [-0.2, -0.15) is 5.10 Å². The SMILES string of the molecule is O=C(O)c1cccnc1Sc1nccn2nccc12. The number of nitrogens with zero attached hydrogens (tertiary/aromatic N) is 4. The monoisotopic (exact) mass is 272 g/mol. The second-order valence-electron chi connectivity index (χ2n) is 3.66. The Kier molecular flexibility index (Phi) is 2.88. The standard InChI is InChI=1S/C12H8N4O2S/c17-12(18)8-2-1-4-13-10(8)19-11-9-3-5-15-16(9)7-6-14-11/h1-7H,(H,17,18). The van der Waals surface area contributed by atoms with Gasteiger partial charge in [0, 0.05) is 18.6 Å². The summed E-state index contributed by atoms with van der Waals surface area (Å²) in [4.78, 5) is 19.5. The normalized spacial score (nSPS) is 10.7. The molecule has 3 heterocycles. The van der Waals surface area contributed by atoms with Crippen molar-refractivity contribution >= 4 is 23.2 Å². The van der Waals surface area contributed by atoms with E-state index in [1.807, 2.05) is 6.07 Å². The molecule has 3 aromatic heterocycles. The van der Waals surface area contributed by atoms with Gasteiger partial charge in [-0.1, -0.05) is 0 Å². The van der Waals surface area contributed by atoms with Gasteiger partial charge < -0.3 is 5.11 Å². The van der Waals surface area contributed by atoms with Crippen LogP contribution in [0.3, 0.4) is 0 Å². The van der Waals surface area contributed by atoms with Gasteiger partial charge in [0.25, 0.3) is 0 Å². The van der Waals surface area contributed by atoms with Crippen molar-refractivity contribution in [1.82, 2.24) is 19.6 Å². The smallest absolute Gasteiger partial charge is 0.338 e. The van der Waals surface area contributed by atoms with Gasteiger partial charge in [-0.3, -0.25) is 0 Å². The molecule has 0 spiro atoms. The Morgan fingerprint density at radius 1 is 1.16 bits per heavy atom. The number of carbonyl (C=O) groups is 1. The van der Waals surface area contributed by atoms with Crippen molar-refractivity contribution in [3.05, 3.63) is 48.5 Å². The van der Waals surface area contributed by atoms with E-state index < -0.39 is 5.97 Å². The van der Waals surface area contributed by atoms with E-state index in [4.69, 9.17) is 5.11 Å². The van der Waals surface area contributed by atoms with Crippen molar-refractivity contribution in [3.8, 4) is 0 Å². The van der Waals surface area contributed by atoms with Crippen LogP contribution in [0.5, 0.6) is 0 Å². The molecule has 0 bridgehead atoms. The Morgan fingerprint density at radius 2 is 2.00 bits per heavy atom. The summed E-state index contributed by atoms with van der Waals surface area (Å²) in [5.74, 6) is -1.00. The lowest BCUT2D eigenvalue weighted by atomic mass is 10.3. The molecule has 19 heavy (non-hydrogen) atoms. The number of aromatic carboxylic acids is 1. The second-order valence-corrected chi connectivity index (χ2v) is 4.63. The molecule has 0 saturated carbocycles. The van der Waals surface area contributed by atoms with Crippen LogP contribution in [0.2, 0.25) is 0 Å². The first kappa shape index (κ1) is 11.7. The first-order valence-corrected chi connectivity index (χ1v) is 6.22. The molecule has 0 saturated heterocycles. The molecule has 0 aliphatic rings. The number of rotatable bonds is 3. The maximum Gasteiger partial charge on any atom is 0.338 e. The molecule has 0 aliphatic heterocycles. The zero-order valence-electron chi connectivity index (χ0n) is 9.59. The Hall–Kier alpha value is -2.41. The molecule has 3 aromatic rings. The fourth-order valence-corrected chi connectivity index (χ4v) is 2.58. The highest BCUT2D eigenvalue weighted by Gasteiger charge is 2.14. The van der Waals surface area contributed by atoms with E-state index in [1.165, 1.54) is 17.8 Å². The van der Waals surface area contributed by atoms with Crippen LogP contribution in [0, 0.1) is 0 Å². The molecular formula is C12H8N4O2S. The maximum atomic E-state index is 11.1. The third kappa shape index (κ3) is 2.15. The molecule has 0 aromatic carbocycles. The van der Waals surface area contributed by atoms with Crippen LogP contribution in [-0.2, 0) is 0 Å². The molecule has 0 unspecified atom stereocenters. The summed E-state index contributed by atoms with van der Waals surface area (Å²) in [5.41, 5.74) is 0.977. The Labute approximate surface area is 112 Å². The van der Waals surface area contributed by atoms with Gasteiger partial charge in [0.15, 0.2) is 0 Å². The maximum absolute atomic E-state index is 11.1. The quantitative estimate of drug-likeness (QED) is 0.785. The number of carboxylic acid groups (broad SMARTS) is 1. The van der Waals surface area contributed by atoms with Gasteiger partial charge in [-0.05, 0) is 30.0 Å². The lowest BCUT2D eigenvalue weighted by molar-refractivity contribution is 0.0692. The van der Waals surface area contributed by atoms with E-state index in [0.29, 0.717) is 10.1 Å². The molecule has 0 aliphatic carbocycles. The highest BCUT2D eigenvalue weighted by molar-refractivity contribution is 7.99. The van der Waals surface area contributed by atoms with Crippen LogP contribution in [-0.4, -0.2) is 30.7 Å². The van der Waals surface area contributed by atoms with Gasteiger partial charge in [0.2, 0.25) is 0 Å². The topological polar surface area (TPSA) is 80.4 Å². The summed E-state index contributed by atoms with van der Waals surface area (Å²) >= 11 is 1.21. The fourth-order valence-electron chi connectivity index (χ4n) is 1.64. The third-order valence-electron chi connectivity index (χ3n) is 2.48. The summed E-state index contributed by atoms with van der Waals surface area (Å²) in [5, 5.41) is 14.3. The molecular weight excluding hydrogens is 264 g/mol. The van der Waals surface area contributed by atoms with Crippen molar-refractivity contribution in [3.63, 3.8) is 0 Å². The Morgan fingerprint density at radius 3 is 2.84 bits per heavy atom. The third-order valence-corrected chi connectivity index (χ3v) is 3.51. The van der Waals surface area contributed by atoms with Crippen molar-refractivity contribution < 1.29 is 9.90 Å². The number of hydrogen-bond donors (Lipinski definition) is 1. The fraction of sp³-hybridized carbons (Fsp3) is 0. The molecule has 94 valence electrons. The second kappa shape index (κ2) is 4.69. The number of fused-ring (bicyclic) bond motifs is 1. The molecule has 3 rings (SSSR count). The molecule has 1 N–H and O–H groups in total. The molecule has 0 amide bonds. The number of carboxylic acids is 1. The lowest BCUT2D eigenvalue weighted by Gasteiger charge is -2.04. The van der Waals surface area contributed by atoms with Crippen LogP contribution in [0.1, 0.15) is 10.4 Å². The summed E-state index contributed by atoms with van der Waals surface area (Å²) in [6, 6.07) is 4.94. The van der Waals surface area contributed by atoms with Crippen molar-refractivity contribution in [2.75, 3.05) is 0 Å². The van der Waals surface area contributed by atoms with Crippen molar-refractivity contribution in [2.24, 2.45) is 0 Å². The van der Waals surface area contributed by atoms with E-state index in [0.717, 1.165) is 5.52 Å². The zero-order valence-corrected chi connectivity index (χ0v) is 10.4. The van der Waals surface area contributed by atoms with Crippen LogP contribution < -0.4 is 0 Å². The molecule has 0 radical (unpaired) electrons. The highest BCUT2D eigenvalue weighted by Crippen LogP contribution is 2.29. The molecule has 0 atom stereocenters. The number of hydrogen-bond acceptors (Lipinski definition) is 5. The van der Waals surface area contributed by atoms with Gasteiger partial charge in [-0.15, -0.1) is 0 Å². The lowest BCUT2D eigenvalue weighted by Crippen LogP contribution is -2.00. The summed E-state index contributed by atoms with van der Waals surface area (Å²) in [6.45, 7) is 0. The first-order chi connectivity index (χ1) is 9.25. The molecule has 6 nitrogen and oxygen atoms in total. The van der Waals surface area contributed by atoms with Crippen LogP contribution >= 0.6 is 11.8 Å².